The predicted molar refractivity (Wildman–Crippen MR) is 75.3 cm³/mol. The van der Waals surface area contributed by atoms with Crippen LogP contribution >= 0.6 is 0 Å². The Morgan fingerprint density at radius 1 is 1.33 bits per heavy atom. The molecule has 0 atom stereocenters. The Morgan fingerprint density at radius 2 is 1.96 bits per heavy atom. The highest BCUT2D eigenvalue weighted by Gasteiger charge is 2.41. The number of alkyl halides is 3. The molecule has 0 aromatic heterocycles. The Hall–Kier alpha value is -2.16. The normalized spacial score (nSPS) is 16.2. The van der Waals surface area contributed by atoms with Crippen LogP contribution in [0.1, 0.15) is 35.2 Å². The first-order chi connectivity index (χ1) is 11.0. The summed E-state index contributed by atoms with van der Waals surface area (Å²) in [6, 6.07) is 1.66. The van der Waals surface area contributed by atoms with Gasteiger partial charge in [-0.15, -0.1) is 0 Å². The fourth-order valence-corrected chi connectivity index (χ4v) is 2.38. The standard InChI is InChI=1S/C15H16F4N2O3/c1-21(14(24)5-2-6-14)12(22)8-20-13(23)10-4-3-9(16)7-11(10)15(17,18)19/h3-4,7,24H,2,5-6,8H2,1H3,(H,20,23). The summed E-state index contributed by atoms with van der Waals surface area (Å²) in [4.78, 5) is 24.9. The maximum absolute atomic E-state index is 13.0. The molecule has 1 aliphatic carbocycles. The molecule has 0 spiro atoms. The molecule has 0 aliphatic heterocycles. The molecule has 1 fully saturated rings. The van der Waals surface area contributed by atoms with Crippen molar-refractivity contribution in [1.29, 1.82) is 0 Å². The molecule has 2 N–H and O–H groups in total. The Labute approximate surface area is 135 Å². The van der Waals surface area contributed by atoms with Gasteiger partial charge in [-0.05, 0) is 37.5 Å². The first-order valence-electron chi connectivity index (χ1n) is 7.18. The minimum Gasteiger partial charge on any atom is -0.371 e. The molecule has 1 aromatic rings. The topological polar surface area (TPSA) is 69.6 Å². The first-order valence-corrected chi connectivity index (χ1v) is 7.18. The molecule has 0 heterocycles. The van der Waals surface area contributed by atoms with Gasteiger partial charge in [-0.2, -0.15) is 13.2 Å². The Bertz CT molecular complexity index is 657. The van der Waals surface area contributed by atoms with Crippen LogP contribution in [0.25, 0.3) is 0 Å². The molecule has 0 bridgehead atoms. The fourth-order valence-electron chi connectivity index (χ4n) is 2.38. The summed E-state index contributed by atoms with van der Waals surface area (Å²) in [5.74, 6) is -2.91. The van der Waals surface area contributed by atoms with Gasteiger partial charge in [-0.3, -0.25) is 9.59 Å². The molecule has 1 saturated carbocycles. The highest BCUT2D eigenvalue weighted by molar-refractivity contribution is 5.97. The van der Waals surface area contributed by atoms with Crippen molar-refractivity contribution in [2.75, 3.05) is 13.6 Å². The molecule has 9 heteroatoms. The third-order valence-corrected chi connectivity index (χ3v) is 4.08. The van der Waals surface area contributed by atoms with E-state index in [-0.39, 0.29) is 6.07 Å². The fraction of sp³-hybridized carbons (Fsp3) is 0.467. The van der Waals surface area contributed by atoms with Crippen LogP contribution < -0.4 is 5.32 Å². The average Bonchev–Trinajstić information content (AvgIpc) is 2.48. The van der Waals surface area contributed by atoms with E-state index >= 15 is 0 Å². The number of hydrogen-bond donors (Lipinski definition) is 2. The van der Waals surface area contributed by atoms with Gasteiger partial charge in [0.05, 0.1) is 17.7 Å². The van der Waals surface area contributed by atoms with Gasteiger partial charge in [-0.1, -0.05) is 0 Å². The molecule has 132 valence electrons. The van der Waals surface area contributed by atoms with Crippen LogP contribution in [0.15, 0.2) is 18.2 Å². The zero-order chi connectivity index (χ0) is 18.1. The number of aliphatic hydroxyl groups is 1. The van der Waals surface area contributed by atoms with Crippen molar-refractivity contribution in [1.82, 2.24) is 10.2 Å². The lowest BCUT2D eigenvalue weighted by atomic mass is 9.87. The van der Waals surface area contributed by atoms with E-state index in [0.717, 1.165) is 17.4 Å². The van der Waals surface area contributed by atoms with Crippen LogP contribution in [0.3, 0.4) is 0 Å². The second-order valence-electron chi connectivity index (χ2n) is 5.66. The number of nitrogens with zero attached hydrogens (tertiary/aromatic N) is 1. The van der Waals surface area contributed by atoms with E-state index in [9.17, 15) is 32.3 Å². The second kappa shape index (κ2) is 6.39. The van der Waals surface area contributed by atoms with E-state index < -0.39 is 47.2 Å². The Kier molecular flexibility index (Phi) is 4.84. The molecule has 2 rings (SSSR count). The average molecular weight is 348 g/mol. The molecule has 0 saturated heterocycles. The summed E-state index contributed by atoms with van der Waals surface area (Å²) in [5, 5.41) is 12.1. The number of nitrogens with one attached hydrogen (secondary N) is 1. The monoisotopic (exact) mass is 348 g/mol. The number of carbonyl (C=O) groups excluding carboxylic acids is 2. The number of amides is 2. The lowest BCUT2D eigenvalue weighted by Gasteiger charge is -2.44. The second-order valence-corrected chi connectivity index (χ2v) is 5.66. The van der Waals surface area contributed by atoms with Crippen LogP contribution in [-0.4, -0.2) is 41.1 Å². The molecular weight excluding hydrogens is 332 g/mol. The quantitative estimate of drug-likeness (QED) is 0.645. The number of likely N-dealkylation sites (N-methyl/N-ethyl adjacent to an activating group) is 1. The maximum Gasteiger partial charge on any atom is 0.417 e. The van der Waals surface area contributed by atoms with Crippen molar-refractivity contribution in [2.24, 2.45) is 0 Å². The molecule has 5 nitrogen and oxygen atoms in total. The van der Waals surface area contributed by atoms with Crippen molar-refractivity contribution in [3.8, 4) is 0 Å². The summed E-state index contributed by atoms with van der Waals surface area (Å²) < 4.78 is 51.6. The zero-order valence-corrected chi connectivity index (χ0v) is 12.8. The van der Waals surface area contributed by atoms with E-state index in [1.165, 1.54) is 7.05 Å². The lowest BCUT2D eigenvalue weighted by molar-refractivity contribution is -0.174. The molecule has 0 radical (unpaired) electrons. The van der Waals surface area contributed by atoms with Crippen molar-refractivity contribution >= 4 is 11.8 Å². The summed E-state index contributed by atoms with van der Waals surface area (Å²) in [5.41, 5.74) is -3.46. The van der Waals surface area contributed by atoms with E-state index in [1.54, 1.807) is 0 Å². The maximum atomic E-state index is 13.0. The summed E-state index contributed by atoms with van der Waals surface area (Å²) in [6.07, 6.45) is -3.35. The van der Waals surface area contributed by atoms with Crippen LogP contribution in [0, 0.1) is 5.82 Å². The highest BCUT2D eigenvalue weighted by atomic mass is 19.4. The third-order valence-electron chi connectivity index (χ3n) is 4.08. The van der Waals surface area contributed by atoms with Gasteiger partial charge >= 0.3 is 6.18 Å². The summed E-state index contributed by atoms with van der Waals surface area (Å²) in [6.45, 7) is -0.577. The molecule has 24 heavy (non-hydrogen) atoms. The van der Waals surface area contributed by atoms with E-state index in [2.05, 4.69) is 5.32 Å². The molecule has 2 amide bonds. The SMILES string of the molecule is CN(C(=O)CNC(=O)c1ccc(F)cc1C(F)(F)F)C1(O)CCC1. The molecule has 0 unspecified atom stereocenters. The smallest absolute Gasteiger partial charge is 0.371 e. The number of rotatable bonds is 4. The third kappa shape index (κ3) is 3.66. The van der Waals surface area contributed by atoms with Crippen LogP contribution in [0.4, 0.5) is 17.6 Å². The predicted octanol–water partition coefficient (Wildman–Crippen LogP) is 1.91. The van der Waals surface area contributed by atoms with Crippen LogP contribution in [0.2, 0.25) is 0 Å². The summed E-state index contributed by atoms with van der Waals surface area (Å²) in [7, 11) is 1.35. The molecule has 1 aromatic carbocycles. The van der Waals surface area contributed by atoms with E-state index in [1.807, 2.05) is 0 Å². The van der Waals surface area contributed by atoms with Gasteiger partial charge in [0.25, 0.3) is 5.91 Å². The number of hydrogen-bond acceptors (Lipinski definition) is 3. The van der Waals surface area contributed by atoms with E-state index in [4.69, 9.17) is 0 Å². The van der Waals surface area contributed by atoms with Gasteiger partial charge < -0.3 is 15.3 Å². The minimum absolute atomic E-state index is 0.222. The van der Waals surface area contributed by atoms with Gasteiger partial charge in [0.15, 0.2) is 0 Å². The minimum atomic E-state index is -4.91. The molecular formula is C15H16F4N2O3. The van der Waals surface area contributed by atoms with Crippen LogP contribution in [0.5, 0.6) is 0 Å². The lowest BCUT2D eigenvalue weighted by Crippen LogP contribution is -2.56. The van der Waals surface area contributed by atoms with Gasteiger partial charge in [0, 0.05) is 7.05 Å². The van der Waals surface area contributed by atoms with Gasteiger partial charge in [0.2, 0.25) is 5.91 Å². The van der Waals surface area contributed by atoms with E-state index in [0.29, 0.717) is 18.9 Å². The van der Waals surface area contributed by atoms with Crippen molar-refractivity contribution in [3.63, 3.8) is 0 Å². The van der Waals surface area contributed by atoms with Crippen LogP contribution in [-0.2, 0) is 11.0 Å². The number of benzene rings is 1. The number of carbonyl (C=O) groups is 2. The largest absolute Gasteiger partial charge is 0.417 e. The molecule has 1 aliphatic rings. The highest BCUT2D eigenvalue weighted by Crippen LogP contribution is 2.34. The van der Waals surface area contributed by atoms with Crippen molar-refractivity contribution in [2.45, 2.75) is 31.2 Å². The van der Waals surface area contributed by atoms with Crippen molar-refractivity contribution in [3.05, 3.63) is 35.1 Å². The Balaban J connectivity index is 2.07. The van der Waals surface area contributed by atoms with Gasteiger partial charge in [0.1, 0.15) is 11.5 Å². The van der Waals surface area contributed by atoms with Crippen molar-refractivity contribution < 1.29 is 32.3 Å². The summed E-state index contributed by atoms with van der Waals surface area (Å²) >= 11 is 0. The zero-order valence-electron chi connectivity index (χ0n) is 12.8. The van der Waals surface area contributed by atoms with Gasteiger partial charge in [-0.25, -0.2) is 4.39 Å². The Morgan fingerprint density at radius 3 is 2.46 bits per heavy atom. The first kappa shape index (κ1) is 18.2. The number of halogens is 4.